The Bertz CT molecular complexity index is 731. The highest BCUT2D eigenvalue weighted by molar-refractivity contribution is 7.99. The fraction of sp³-hybridized carbons (Fsp3) is 0.870. The minimum atomic E-state index is -2.73. The van der Waals surface area contributed by atoms with Gasteiger partial charge in [-0.15, -0.1) is 5.10 Å². The summed E-state index contributed by atoms with van der Waals surface area (Å²) in [5.41, 5.74) is 0. The highest BCUT2D eigenvalue weighted by Crippen LogP contribution is 2.22. The molecule has 1 amide bonds. The van der Waals surface area contributed by atoms with Crippen molar-refractivity contribution in [3.8, 4) is 0 Å². The minimum Gasteiger partial charge on any atom is -0.377 e. The summed E-state index contributed by atoms with van der Waals surface area (Å²) in [6.07, 6.45) is 5.34. The second-order valence-corrected chi connectivity index (χ2v) is 15.1. The van der Waals surface area contributed by atoms with Crippen molar-refractivity contribution in [2.24, 2.45) is 0 Å². The van der Waals surface area contributed by atoms with Gasteiger partial charge >= 0.3 is 23.6 Å². The van der Waals surface area contributed by atoms with Crippen molar-refractivity contribution >= 4 is 35.4 Å². The van der Waals surface area contributed by atoms with Gasteiger partial charge in [-0.05, 0) is 40.0 Å². The van der Waals surface area contributed by atoms with E-state index in [0.29, 0.717) is 62.3 Å². The summed E-state index contributed by atoms with van der Waals surface area (Å²) >= 11 is 1.52. The molecule has 0 aliphatic carbocycles. The quantitative estimate of drug-likeness (QED) is 0.120. The fourth-order valence-electron chi connectivity index (χ4n) is 3.83. The Hall–Kier alpha value is -0.846. The molecule has 1 aromatic rings. The van der Waals surface area contributed by atoms with Gasteiger partial charge in [-0.3, -0.25) is 0 Å². The highest BCUT2D eigenvalue weighted by atomic mass is 32.2. The van der Waals surface area contributed by atoms with Gasteiger partial charge in [0.05, 0.1) is 0 Å². The zero-order chi connectivity index (χ0) is 27.6. The maximum atomic E-state index is 13.0. The van der Waals surface area contributed by atoms with E-state index in [1.807, 2.05) is 20.8 Å². The molecule has 0 atom stereocenters. The molecular weight excluding hydrogens is 533 g/mol. The predicted molar refractivity (Wildman–Crippen MR) is 149 cm³/mol. The number of nitrogens with zero attached hydrogens (tertiary/aromatic N) is 3. The average molecular weight is 581 g/mol. The second kappa shape index (κ2) is 19.3. The zero-order valence-corrected chi connectivity index (χ0v) is 26.6. The van der Waals surface area contributed by atoms with Gasteiger partial charge in [0.1, 0.15) is 5.82 Å². The van der Waals surface area contributed by atoms with E-state index in [0.717, 1.165) is 31.4 Å². The maximum absolute atomic E-state index is 13.0. The number of nitrogens with one attached hydrogen (secondary N) is 1. The standard InChI is InChI=1S/C23H48N4O7SSi2/c1-8-12-13-16-21-25-22(35-18-15-20-36(29-5,30-6)31-7)26-27(21)23(28)24-17-14-19-37(32-9-2,33-10-3)34-11-4/h8-20H2,1-7H3,(H,24,28). The number of aromatic nitrogens is 3. The van der Waals surface area contributed by atoms with Crippen molar-refractivity contribution < 1.29 is 31.4 Å². The molecule has 1 N–H and O–H groups in total. The Morgan fingerprint density at radius 1 is 0.865 bits per heavy atom. The topological polar surface area (TPSA) is 115 Å². The molecule has 216 valence electrons. The molecule has 0 aromatic carbocycles. The summed E-state index contributed by atoms with van der Waals surface area (Å²) < 4.78 is 35.6. The first kappa shape index (κ1) is 34.2. The number of aryl methyl sites for hydroxylation is 1. The Labute approximate surface area is 229 Å². The number of rotatable bonds is 22. The first-order chi connectivity index (χ1) is 17.9. The van der Waals surface area contributed by atoms with E-state index < -0.39 is 17.6 Å². The van der Waals surface area contributed by atoms with Crippen LogP contribution in [0.5, 0.6) is 0 Å². The monoisotopic (exact) mass is 580 g/mol. The van der Waals surface area contributed by atoms with Crippen molar-refractivity contribution in [1.29, 1.82) is 0 Å². The van der Waals surface area contributed by atoms with Crippen LogP contribution in [0.1, 0.15) is 65.6 Å². The number of hydrogen-bond acceptors (Lipinski definition) is 10. The third-order valence-electron chi connectivity index (χ3n) is 5.67. The van der Waals surface area contributed by atoms with Crippen LogP contribution in [0.25, 0.3) is 0 Å². The second-order valence-electron chi connectivity index (χ2n) is 8.24. The van der Waals surface area contributed by atoms with Crippen LogP contribution in [-0.2, 0) is 33.0 Å². The number of hydrogen-bond donors (Lipinski definition) is 1. The van der Waals surface area contributed by atoms with E-state index in [2.05, 4.69) is 22.3 Å². The lowest BCUT2D eigenvalue weighted by Gasteiger charge is -2.28. The predicted octanol–water partition coefficient (Wildman–Crippen LogP) is 4.37. The van der Waals surface area contributed by atoms with Crippen LogP contribution < -0.4 is 5.32 Å². The van der Waals surface area contributed by atoms with Gasteiger partial charge in [-0.1, -0.05) is 31.5 Å². The minimum absolute atomic E-state index is 0.271. The Morgan fingerprint density at radius 2 is 1.46 bits per heavy atom. The number of carbonyl (C=O) groups is 1. The zero-order valence-electron chi connectivity index (χ0n) is 23.8. The Kier molecular flexibility index (Phi) is 17.8. The fourth-order valence-corrected chi connectivity index (χ4v) is 9.20. The summed E-state index contributed by atoms with van der Waals surface area (Å²) in [6, 6.07) is 1.07. The third-order valence-corrected chi connectivity index (χ3v) is 12.6. The van der Waals surface area contributed by atoms with Crippen LogP contribution in [0.3, 0.4) is 0 Å². The molecule has 0 fully saturated rings. The normalized spacial score (nSPS) is 12.3. The van der Waals surface area contributed by atoms with Crippen molar-refractivity contribution in [2.45, 2.75) is 83.5 Å². The lowest BCUT2D eigenvalue weighted by molar-refractivity contribution is 0.0708. The number of amides is 1. The summed E-state index contributed by atoms with van der Waals surface area (Å²) in [4.78, 5) is 17.7. The molecule has 0 aliphatic rings. The molecule has 0 spiro atoms. The molecule has 1 heterocycles. The number of unbranched alkanes of at least 4 members (excludes halogenated alkanes) is 2. The molecule has 0 saturated carbocycles. The molecular formula is C23H48N4O7SSi2. The van der Waals surface area contributed by atoms with Gasteiger partial charge in [0, 0.05) is 72.0 Å². The van der Waals surface area contributed by atoms with Crippen LogP contribution in [0.4, 0.5) is 4.79 Å². The van der Waals surface area contributed by atoms with E-state index in [1.165, 1.54) is 16.4 Å². The molecule has 37 heavy (non-hydrogen) atoms. The average Bonchev–Trinajstić information content (AvgIpc) is 3.31. The van der Waals surface area contributed by atoms with Crippen LogP contribution in [0, 0.1) is 0 Å². The largest absolute Gasteiger partial charge is 0.500 e. The molecule has 0 aliphatic heterocycles. The molecule has 0 unspecified atom stereocenters. The van der Waals surface area contributed by atoms with Gasteiger partial charge < -0.3 is 31.9 Å². The number of thioether (sulfide) groups is 1. The SMILES string of the molecule is CCCCCc1nc(SCCC[Si](OC)(OC)OC)nn1C(=O)NCCC[Si](OCC)(OCC)OCC. The molecule has 0 saturated heterocycles. The molecule has 11 nitrogen and oxygen atoms in total. The van der Waals surface area contributed by atoms with Crippen LogP contribution >= 0.6 is 11.8 Å². The first-order valence-electron chi connectivity index (χ1n) is 13.3. The molecule has 14 heteroatoms. The van der Waals surface area contributed by atoms with Gasteiger partial charge in [0.25, 0.3) is 0 Å². The molecule has 0 bridgehead atoms. The van der Waals surface area contributed by atoms with Crippen molar-refractivity contribution in [2.75, 3.05) is 53.4 Å². The summed E-state index contributed by atoms with van der Waals surface area (Å²) in [7, 11) is -0.483. The number of carbonyl (C=O) groups excluding carboxylic acids is 1. The van der Waals surface area contributed by atoms with E-state index >= 15 is 0 Å². The maximum Gasteiger partial charge on any atom is 0.500 e. The van der Waals surface area contributed by atoms with Gasteiger partial charge in [0.2, 0.25) is 5.16 Å². The van der Waals surface area contributed by atoms with Gasteiger partial charge in [-0.25, -0.2) is 9.78 Å². The highest BCUT2D eigenvalue weighted by Gasteiger charge is 2.39. The summed E-state index contributed by atoms with van der Waals surface area (Å²) in [5.74, 6) is 1.45. The van der Waals surface area contributed by atoms with Gasteiger partial charge in [-0.2, -0.15) is 4.68 Å². The van der Waals surface area contributed by atoms with E-state index in [-0.39, 0.29) is 6.03 Å². The molecule has 1 aromatic heterocycles. The Morgan fingerprint density at radius 3 is 2.00 bits per heavy atom. The molecule has 1 rings (SSSR count). The summed E-state index contributed by atoms with van der Waals surface area (Å²) in [5, 5.41) is 8.08. The first-order valence-corrected chi connectivity index (χ1v) is 18.2. The van der Waals surface area contributed by atoms with Crippen molar-refractivity contribution in [1.82, 2.24) is 20.1 Å². The van der Waals surface area contributed by atoms with Crippen molar-refractivity contribution in [3.05, 3.63) is 5.82 Å². The Balaban J connectivity index is 2.74. The van der Waals surface area contributed by atoms with E-state index in [9.17, 15) is 4.79 Å². The lowest BCUT2D eigenvalue weighted by atomic mass is 10.2. The summed E-state index contributed by atoms with van der Waals surface area (Å²) in [6.45, 7) is 10.0. The van der Waals surface area contributed by atoms with E-state index in [4.69, 9.17) is 26.6 Å². The van der Waals surface area contributed by atoms with Crippen LogP contribution in [0.2, 0.25) is 12.1 Å². The van der Waals surface area contributed by atoms with E-state index in [1.54, 1.807) is 21.3 Å². The molecule has 0 radical (unpaired) electrons. The lowest BCUT2D eigenvalue weighted by Crippen LogP contribution is -2.46. The van der Waals surface area contributed by atoms with Crippen LogP contribution in [-0.4, -0.2) is 91.9 Å². The smallest absolute Gasteiger partial charge is 0.377 e. The van der Waals surface area contributed by atoms with Crippen molar-refractivity contribution in [3.63, 3.8) is 0 Å². The van der Waals surface area contributed by atoms with Crippen LogP contribution in [0.15, 0.2) is 5.16 Å². The third kappa shape index (κ3) is 11.8. The van der Waals surface area contributed by atoms with Gasteiger partial charge in [0.15, 0.2) is 0 Å².